The number of aryl methyl sites for hydroxylation is 1. The van der Waals surface area contributed by atoms with Crippen LogP contribution in [-0.4, -0.2) is 16.1 Å². The van der Waals surface area contributed by atoms with Gasteiger partial charge in [0.25, 0.3) is 0 Å². The summed E-state index contributed by atoms with van der Waals surface area (Å²) >= 11 is 0. The van der Waals surface area contributed by atoms with E-state index >= 15 is 0 Å². The summed E-state index contributed by atoms with van der Waals surface area (Å²) in [6.07, 6.45) is 4.92. The van der Waals surface area contributed by atoms with Crippen molar-refractivity contribution in [3.63, 3.8) is 0 Å². The molecular weight excluding hydrogens is 232 g/mol. The summed E-state index contributed by atoms with van der Waals surface area (Å²) in [6.45, 7) is 3.01. The number of furan rings is 1. The van der Waals surface area contributed by atoms with E-state index in [-0.39, 0.29) is 5.56 Å². The molecule has 0 aliphatic heterocycles. The number of rotatable bonds is 5. The Kier molecular flexibility index (Phi) is 3.74. The van der Waals surface area contributed by atoms with Crippen LogP contribution in [0.25, 0.3) is 0 Å². The van der Waals surface area contributed by atoms with Crippen LogP contribution in [0.2, 0.25) is 0 Å². The van der Waals surface area contributed by atoms with Crippen LogP contribution >= 0.6 is 0 Å². The highest BCUT2D eigenvalue weighted by Gasteiger charge is 2.12. The van der Waals surface area contributed by atoms with Crippen LogP contribution in [0.5, 0.6) is 0 Å². The van der Waals surface area contributed by atoms with Crippen molar-refractivity contribution < 1.29 is 14.3 Å². The van der Waals surface area contributed by atoms with Gasteiger partial charge in [0, 0.05) is 18.9 Å². The van der Waals surface area contributed by atoms with Crippen LogP contribution in [0.3, 0.4) is 0 Å². The van der Waals surface area contributed by atoms with Gasteiger partial charge in [-0.25, -0.2) is 4.79 Å². The Morgan fingerprint density at radius 2 is 2.28 bits per heavy atom. The van der Waals surface area contributed by atoms with Gasteiger partial charge in [-0.15, -0.1) is 0 Å². The first kappa shape index (κ1) is 12.3. The van der Waals surface area contributed by atoms with Gasteiger partial charge < -0.3 is 14.8 Å². The summed E-state index contributed by atoms with van der Waals surface area (Å²) in [5, 5.41) is 12.1. The molecule has 0 spiro atoms. The number of aromatic nitrogens is 1. The van der Waals surface area contributed by atoms with Crippen molar-refractivity contribution in [1.82, 2.24) is 10.3 Å². The number of nitrogens with one attached hydrogen (secondary N) is 1. The molecule has 2 rings (SSSR count). The van der Waals surface area contributed by atoms with E-state index < -0.39 is 5.97 Å². The molecule has 0 saturated carbocycles. The maximum Gasteiger partial charge on any atom is 0.339 e. The molecule has 5 nitrogen and oxygen atoms in total. The van der Waals surface area contributed by atoms with E-state index in [1.807, 2.05) is 13.0 Å². The third kappa shape index (κ3) is 2.75. The highest BCUT2D eigenvalue weighted by atomic mass is 16.4. The Labute approximate surface area is 104 Å². The van der Waals surface area contributed by atoms with Gasteiger partial charge in [0.15, 0.2) is 0 Å². The van der Waals surface area contributed by atoms with Crippen molar-refractivity contribution in [2.75, 3.05) is 0 Å². The van der Waals surface area contributed by atoms with E-state index in [1.165, 1.54) is 12.3 Å². The first-order valence-corrected chi connectivity index (χ1v) is 5.58. The molecule has 0 bridgehead atoms. The first-order chi connectivity index (χ1) is 8.68. The van der Waals surface area contributed by atoms with Crippen LogP contribution < -0.4 is 5.32 Å². The molecule has 5 heteroatoms. The van der Waals surface area contributed by atoms with Gasteiger partial charge in [-0.3, -0.25) is 4.98 Å². The zero-order valence-electron chi connectivity index (χ0n) is 10.0. The third-order valence-electron chi connectivity index (χ3n) is 2.72. The lowest BCUT2D eigenvalue weighted by atomic mass is 10.1. The van der Waals surface area contributed by atoms with E-state index in [1.54, 1.807) is 12.4 Å². The largest absolute Gasteiger partial charge is 0.478 e. The second-order valence-corrected chi connectivity index (χ2v) is 3.97. The molecule has 94 valence electrons. The summed E-state index contributed by atoms with van der Waals surface area (Å²) in [5.74, 6) is -0.540. The SMILES string of the molecule is Cc1ccncc1CNCc1occc1C(=O)O. The topological polar surface area (TPSA) is 75.4 Å². The molecule has 0 aromatic carbocycles. The van der Waals surface area contributed by atoms with Crippen molar-refractivity contribution in [3.8, 4) is 0 Å². The number of carboxylic acids is 1. The predicted octanol–water partition coefficient (Wildman–Crippen LogP) is 1.97. The lowest BCUT2D eigenvalue weighted by Crippen LogP contribution is -2.15. The standard InChI is InChI=1S/C13H14N2O3/c1-9-2-4-14-6-10(9)7-15-8-12-11(13(16)17)3-5-18-12/h2-6,15H,7-8H2,1H3,(H,16,17). The maximum absolute atomic E-state index is 10.9. The molecule has 2 aromatic heterocycles. The zero-order chi connectivity index (χ0) is 13.0. The third-order valence-corrected chi connectivity index (χ3v) is 2.72. The smallest absolute Gasteiger partial charge is 0.339 e. The lowest BCUT2D eigenvalue weighted by molar-refractivity contribution is 0.0694. The number of hydrogen-bond acceptors (Lipinski definition) is 4. The summed E-state index contributed by atoms with van der Waals surface area (Å²) in [7, 11) is 0. The van der Waals surface area contributed by atoms with Crippen LogP contribution in [0.1, 0.15) is 27.2 Å². The second kappa shape index (κ2) is 5.46. The Bertz CT molecular complexity index is 549. The minimum Gasteiger partial charge on any atom is -0.478 e. The number of nitrogens with zero attached hydrogens (tertiary/aromatic N) is 1. The van der Waals surface area contributed by atoms with Crippen LogP contribution in [0, 0.1) is 6.92 Å². The fourth-order valence-electron chi connectivity index (χ4n) is 1.66. The monoisotopic (exact) mass is 246 g/mol. The molecule has 0 saturated heterocycles. The van der Waals surface area contributed by atoms with E-state index in [4.69, 9.17) is 9.52 Å². The Balaban J connectivity index is 1.95. The molecular formula is C13H14N2O3. The van der Waals surface area contributed by atoms with E-state index in [9.17, 15) is 4.79 Å². The minimum atomic E-state index is -0.974. The number of pyridine rings is 1. The quantitative estimate of drug-likeness (QED) is 0.843. The minimum absolute atomic E-state index is 0.199. The van der Waals surface area contributed by atoms with Gasteiger partial charge >= 0.3 is 5.97 Å². The van der Waals surface area contributed by atoms with Gasteiger partial charge in [0.1, 0.15) is 11.3 Å². The van der Waals surface area contributed by atoms with Gasteiger partial charge in [-0.05, 0) is 30.2 Å². The molecule has 2 aromatic rings. The van der Waals surface area contributed by atoms with Gasteiger partial charge in [0.2, 0.25) is 0 Å². The molecule has 0 fully saturated rings. The van der Waals surface area contributed by atoms with Crippen LogP contribution in [-0.2, 0) is 13.1 Å². The Morgan fingerprint density at radius 1 is 1.44 bits per heavy atom. The summed E-state index contributed by atoms with van der Waals surface area (Å²) in [6, 6.07) is 3.39. The molecule has 0 atom stereocenters. The number of aromatic carboxylic acids is 1. The van der Waals surface area contributed by atoms with Crippen molar-refractivity contribution >= 4 is 5.97 Å². The predicted molar refractivity (Wildman–Crippen MR) is 65.2 cm³/mol. The van der Waals surface area contributed by atoms with Crippen molar-refractivity contribution in [2.45, 2.75) is 20.0 Å². The highest BCUT2D eigenvalue weighted by Crippen LogP contribution is 2.11. The van der Waals surface area contributed by atoms with Crippen LogP contribution in [0.15, 0.2) is 35.2 Å². The van der Waals surface area contributed by atoms with E-state index in [2.05, 4.69) is 10.3 Å². The van der Waals surface area contributed by atoms with Gasteiger partial charge in [-0.1, -0.05) is 0 Å². The normalized spacial score (nSPS) is 10.5. The number of carbonyl (C=O) groups is 1. The average Bonchev–Trinajstić information content (AvgIpc) is 2.80. The van der Waals surface area contributed by atoms with Crippen molar-refractivity contribution in [1.29, 1.82) is 0 Å². The zero-order valence-corrected chi connectivity index (χ0v) is 10.0. The molecule has 2 heterocycles. The fourth-order valence-corrected chi connectivity index (χ4v) is 1.66. The first-order valence-electron chi connectivity index (χ1n) is 5.58. The van der Waals surface area contributed by atoms with Crippen molar-refractivity contribution in [2.24, 2.45) is 0 Å². The molecule has 0 amide bonds. The van der Waals surface area contributed by atoms with E-state index in [0.717, 1.165) is 11.1 Å². The Morgan fingerprint density at radius 3 is 3.00 bits per heavy atom. The maximum atomic E-state index is 10.9. The summed E-state index contributed by atoms with van der Waals surface area (Å²) in [5.41, 5.74) is 2.43. The molecule has 0 aliphatic carbocycles. The molecule has 0 unspecified atom stereocenters. The van der Waals surface area contributed by atoms with E-state index in [0.29, 0.717) is 18.8 Å². The average molecular weight is 246 g/mol. The summed E-state index contributed by atoms with van der Waals surface area (Å²) in [4.78, 5) is 14.9. The molecule has 0 radical (unpaired) electrons. The molecule has 0 aliphatic rings. The number of hydrogen-bond donors (Lipinski definition) is 2. The van der Waals surface area contributed by atoms with Gasteiger partial charge in [0.05, 0.1) is 12.8 Å². The molecule has 18 heavy (non-hydrogen) atoms. The second-order valence-electron chi connectivity index (χ2n) is 3.97. The highest BCUT2D eigenvalue weighted by molar-refractivity contribution is 5.88. The number of carboxylic acid groups (broad SMARTS) is 1. The lowest BCUT2D eigenvalue weighted by Gasteiger charge is -2.06. The summed E-state index contributed by atoms with van der Waals surface area (Å²) < 4.78 is 5.14. The van der Waals surface area contributed by atoms with Crippen molar-refractivity contribution in [3.05, 3.63) is 53.2 Å². The molecule has 2 N–H and O–H groups in total. The Hall–Kier alpha value is -2.14. The van der Waals surface area contributed by atoms with Gasteiger partial charge in [-0.2, -0.15) is 0 Å². The fraction of sp³-hybridized carbons (Fsp3) is 0.231. The van der Waals surface area contributed by atoms with Crippen LogP contribution in [0.4, 0.5) is 0 Å².